The lowest BCUT2D eigenvalue weighted by atomic mass is 10.0. The Labute approximate surface area is 77.3 Å². The molecule has 0 aliphatic rings. The molecule has 0 heterocycles. The fraction of sp³-hybridized carbons (Fsp3) is 0.889. The number of rotatable bonds is 5. The first-order valence-corrected chi connectivity index (χ1v) is 4.38. The first-order valence-electron chi connectivity index (χ1n) is 4.38. The van der Waals surface area contributed by atoms with Crippen molar-refractivity contribution >= 4 is 5.97 Å². The summed E-state index contributed by atoms with van der Waals surface area (Å²) < 4.78 is 30.2. The summed E-state index contributed by atoms with van der Waals surface area (Å²) in [5.74, 6) is -3.36. The molecule has 0 aromatic rings. The molecule has 0 bridgehead atoms. The van der Waals surface area contributed by atoms with Gasteiger partial charge in [-0.25, -0.2) is 8.78 Å². The number of alkyl halides is 2. The lowest BCUT2D eigenvalue weighted by Gasteiger charge is -2.18. The molecule has 0 amide bonds. The molecule has 0 aromatic heterocycles. The summed E-state index contributed by atoms with van der Waals surface area (Å²) in [5, 5.41) is 0. The Balaban J connectivity index is 3.73. The third kappa shape index (κ3) is 6.49. The van der Waals surface area contributed by atoms with Gasteiger partial charge in [-0.2, -0.15) is 0 Å². The van der Waals surface area contributed by atoms with Gasteiger partial charge in [-0.15, -0.1) is 0 Å². The average Bonchev–Trinajstić information content (AvgIpc) is 2.00. The van der Waals surface area contributed by atoms with E-state index in [1.807, 2.05) is 0 Å². The van der Waals surface area contributed by atoms with Crippen molar-refractivity contribution in [2.24, 2.45) is 5.92 Å². The van der Waals surface area contributed by atoms with E-state index in [2.05, 4.69) is 4.74 Å². The number of hydrogen-bond acceptors (Lipinski definition) is 2. The molecule has 0 N–H and O–H groups in total. The van der Waals surface area contributed by atoms with Gasteiger partial charge in [0.05, 0.1) is 6.61 Å². The van der Waals surface area contributed by atoms with Crippen LogP contribution in [-0.4, -0.2) is 18.5 Å². The predicted molar refractivity (Wildman–Crippen MR) is 45.7 cm³/mol. The molecule has 0 aromatic carbocycles. The van der Waals surface area contributed by atoms with Crippen molar-refractivity contribution in [2.75, 3.05) is 6.61 Å². The van der Waals surface area contributed by atoms with Crippen LogP contribution in [0.5, 0.6) is 0 Å². The van der Waals surface area contributed by atoms with Gasteiger partial charge in [-0.1, -0.05) is 13.8 Å². The molecule has 0 saturated heterocycles. The van der Waals surface area contributed by atoms with Crippen molar-refractivity contribution in [2.45, 2.75) is 39.5 Å². The summed E-state index contributed by atoms with van der Waals surface area (Å²) in [7, 11) is 0. The van der Waals surface area contributed by atoms with E-state index >= 15 is 0 Å². The van der Waals surface area contributed by atoms with Gasteiger partial charge >= 0.3 is 5.97 Å². The summed E-state index contributed by atoms with van der Waals surface area (Å²) >= 11 is 0. The highest BCUT2D eigenvalue weighted by Gasteiger charge is 2.28. The molecule has 0 rings (SSSR count). The molecule has 1 unspecified atom stereocenters. The lowest BCUT2D eigenvalue weighted by molar-refractivity contribution is -0.143. The van der Waals surface area contributed by atoms with Crippen molar-refractivity contribution in [1.82, 2.24) is 0 Å². The standard InChI is InChI=1S/C9H16F2O2/c1-4-9(10,11)5-7(2)6-13-8(3)12/h7H,4-6H2,1-3H3. The van der Waals surface area contributed by atoms with Crippen LogP contribution in [0.4, 0.5) is 8.78 Å². The van der Waals surface area contributed by atoms with E-state index in [0.717, 1.165) is 0 Å². The average molecular weight is 194 g/mol. The minimum Gasteiger partial charge on any atom is -0.466 e. The zero-order valence-electron chi connectivity index (χ0n) is 8.27. The monoisotopic (exact) mass is 194 g/mol. The van der Waals surface area contributed by atoms with E-state index in [9.17, 15) is 13.6 Å². The molecular formula is C9H16F2O2. The van der Waals surface area contributed by atoms with Crippen molar-refractivity contribution in [3.8, 4) is 0 Å². The van der Waals surface area contributed by atoms with Crippen LogP contribution in [0.3, 0.4) is 0 Å². The SMILES string of the molecule is CCC(F)(F)CC(C)COC(C)=O. The first-order chi connectivity index (χ1) is 5.87. The second-order valence-electron chi connectivity index (χ2n) is 3.32. The van der Waals surface area contributed by atoms with E-state index in [0.29, 0.717) is 0 Å². The van der Waals surface area contributed by atoms with Gasteiger partial charge in [-0.3, -0.25) is 4.79 Å². The predicted octanol–water partition coefficient (Wildman–Crippen LogP) is 2.62. The summed E-state index contributed by atoms with van der Waals surface area (Å²) in [4.78, 5) is 10.4. The molecule has 4 heteroatoms. The fourth-order valence-corrected chi connectivity index (χ4v) is 0.973. The van der Waals surface area contributed by atoms with E-state index in [-0.39, 0.29) is 25.4 Å². The van der Waals surface area contributed by atoms with Crippen LogP contribution in [0.2, 0.25) is 0 Å². The molecular weight excluding hydrogens is 178 g/mol. The first kappa shape index (κ1) is 12.3. The molecule has 0 radical (unpaired) electrons. The van der Waals surface area contributed by atoms with Crippen molar-refractivity contribution in [3.63, 3.8) is 0 Å². The maximum atomic E-state index is 12.8. The summed E-state index contributed by atoms with van der Waals surface area (Å²) in [5.41, 5.74) is 0. The Bertz CT molecular complexity index is 169. The zero-order valence-corrected chi connectivity index (χ0v) is 8.27. The molecule has 0 fully saturated rings. The van der Waals surface area contributed by atoms with Gasteiger partial charge in [0, 0.05) is 19.8 Å². The van der Waals surface area contributed by atoms with Crippen LogP contribution in [-0.2, 0) is 9.53 Å². The van der Waals surface area contributed by atoms with E-state index < -0.39 is 11.9 Å². The lowest BCUT2D eigenvalue weighted by Crippen LogP contribution is -2.21. The Morgan fingerprint density at radius 3 is 2.46 bits per heavy atom. The molecule has 2 nitrogen and oxygen atoms in total. The fourth-order valence-electron chi connectivity index (χ4n) is 0.973. The molecule has 0 spiro atoms. The highest BCUT2D eigenvalue weighted by molar-refractivity contribution is 5.65. The number of carbonyl (C=O) groups is 1. The van der Waals surface area contributed by atoms with Gasteiger partial charge in [0.2, 0.25) is 5.92 Å². The number of carbonyl (C=O) groups excluding carboxylic acids is 1. The topological polar surface area (TPSA) is 26.3 Å². The van der Waals surface area contributed by atoms with Crippen LogP contribution in [0.1, 0.15) is 33.6 Å². The summed E-state index contributed by atoms with van der Waals surface area (Å²) in [6, 6.07) is 0. The highest BCUT2D eigenvalue weighted by Crippen LogP contribution is 2.26. The Kier molecular flexibility index (Phi) is 4.88. The van der Waals surface area contributed by atoms with Crippen LogP contribution in [0.15, 0.2) is 0 Å². The van der Waals surface area contributed by atoms with Crippen molar-refractivity contribution in [1.29, 1.82) is 0 Å². The maximum Gasteiger partial charge on any atom is 0.302 e. The van der Waals surface area contributed by atoms with Gasteiger partial charge in [-0.05, 0) is 5.92 Å². The zero-order chi connectivity index (χ0) is 10.5. The molecule has 0 saturated carbocycles. The molecule has 0 aliphatic heterocycles. The number of hydrogen-bond donors (Lipinski definition) is 0. The quantitative estimate of drug-likeness (QED) is 0.629. The van der Waals surface area contributed by atoms with Gasteiger partial charge in [0.15, 0.2) is 0 Å². The Hall–Kier alpha value is -0.670. The molecule has 78 valence electrons. The normalized spacial score (nSPS) is 13.9. The molecule has 0 aliphatic carbocycles. The van der Waals surface area contributed by atoms with Gasteiger partial charge in [0.25, 0.3) is 0 Å². The van der Waals surface area contributed by atoms with Gasteiger partial charge < -0.3 is 4.74 Å². The largest absolute Gasteiger partial charge is 0.466 e. The van der Waals surface area contributed by atoms with E-state index in [4.69, 9.17) is 0 Å². The smallest absolute Gasteiger partial charge is 0.302 e. The van der Waals surface area contributed by atoms with Crippen LogP contribution in [0, 0.1) is 5.92 Å². The number of halogens is 2. The summed E-state index contributed by atoms with van der Waals surface area (Å²) in [6.07, 6.45) is -0.395. The van der Waals surface area contributed by atoms with Crippen LogP contribution >= 0.6 is 0 Å². The van der Waals surface area contributed by atoms with Crippen LogP contribution < -0.4 is 0 Å². The number of ether oxygens (including phenoxy) is 1. The van der Waals surface area contributed by atoms with Crippen LogP contribution in [0.25, 0.3) is 0 Å². The van der Waals surface area contributed by atoms with Crippen molar-refractivity contribution in [3.05, 3.63) is 0 Å². The van der Waals surface area contributed by atoms with Gasteiger partial charge in [0.1, 0.15) is 0 Å². The molecule has 1 atom stereocenters. The maximum absolute atomic E-state index is 12.8. The molecule has 13 heavy (non-hydrogen) atoms. The Morgan fingerprint density at radius 1 is 1.54 bits per heavy atom. The minimum absolute atomic E-state index is 0.0743. The minimum atomic E-state index is -2.64. The van der Waals surface area contributed by atoms with Crippen molar-refractivity contribution < 1.29 is 18.3 Å². The second-order valence-corrected chi connectivity index (χ2v) is 3.32. The highest BCUT2D eigenvalue weighted by atomic mass is 19.3. The Morgan fingerprint density at radius 2 is 2.08 bits per heavy atom. The second kappa shape index (κ2) is 5.14. The third-order valence-corrected chi connectivity index (χ3v) is 1.74. The summed E-state index contributed by atoms with van der Waals surface area (Å²) in [6.45, 7) is 4.43. The third-order valence-electron chi connectivity index (χ3n) is 1.74. The number of esters is 1. The van der Waals surface area contributed by atoms with E-state index in [1.54, 1.807) is 6.92 Å². The van der Waals surface area contributed by atoms with E-state index in [1.165, 1.54) is 13.8 Å².